The van der Waals surface area contributed by atoms with Crippen molar-refractivity contribution in [3.8, 4) is 0 Å². The van der Waals surface area contributed by atoms with Gasteiger partial charge in [-0.2, -0.15) is 0 Å². The maximum atomic E-state index is 6.10. The summed E-state index contributed by atoms with van der Waals surface area (Å²) in [5.41, 5.74) is 5.40. The summed E-state index contributed by atoms with van der Waals surface area (Å²) in [5, 5.41) is 0.276. The Bertz CT molecular complexity index is 194. The fourth-order valence-electron chi connectivity index (χ4n) is 0.951. The number of hydrogen-bond donors (Lipinski definition) is 1. The van der Waals surface area contributed by atoms with Gasteiger partial charge in [-0.1, -0.05) is 32.9 Å². The molecule has 2 nitrogen and oxygen atoms in total. The van der Waals surface area contributed by atoms with Gasteiger partial charge < -0.3 is 10.2 Å². The van der Waals surface area contributed by atoms with Crippen molar-refractivity contribution in [2.75, 3.05) is 6.54 Å². The van der Waals surface area contributed by atoms with Crippen LogP contribution in [0, 0.1) is 0 Å². The van der Waals surface area contributed by atoms with Crippen LogP contribution in [0.4, 0.5) is 0 Å². The summed E-state index contributed by atoms with van der Waals surface area (Å²) >= 11 is 0. The van der Waals surface area contributed by atoms with E-state index < -0.39 is 8.32 Å². The Balaban J connectivity index is 4.29. The molecule has 1 atom stereocenters. The summed E-state index contributed by atoms with van der Waals surface area (Å²) < 4.78 is 6.10. The molecule has 2 N–H and O–H groups in total. The van der Waals surface area contributed by atoms with Crippen molar-refractivity contribution in [1.29, 1.82) is 0 Å². The van der Waals surface area contributed by atoms with Crippen LogP contribution in [0.3, 0.4) is 0 Å². The molecule has 0 rings (SSSR count). The molecule has 0 spiro atoms. The number of nitrogens with two attached hydrogens (primary N) is 1. The highest BCUT2D eigenvalue weighted by Gasteiger charge is 2.37. The predicted octanol–water partition coefficient (Wildman–Crippen LogP) is 2.91. The van der Waals surface area contributed by atoms with E-state index in [9.17, 15) is 0 Å². The molecule has 0 aromatic rings. The summed E-state index contributed by atoms with van der Waals surface area (Å²) in [4.78, 5) is 0. The summed E-state index contributed by atoms with van der Waals surface area (Å²) in [6.07, 6.45) is 4.18. The van der Waals surface area contributed by atoms with Crippen LogP contribution < -0.4 is 5.73 Å². The molecular formula is C11H25NOSi. The standard InChI is InChI=1S/C11H25NOSi/c1-10(8-7-9-12)13-14(5,6)11(2,3)4/h7-8,10H,9,12H2,1-6H3. The molecule has 0 saturated heterocycles. The lowest BCUT2D eigenvalue weighted by Crippen LogP contribution is -2.42. The highest BCUT2D eigenvalue weighted by Crippen LogP contribution is 2.37. The van der Waals surface area contributed by atoms with Crippen molar-refractivity contribution in [2.24, 2.45) is 5.73 Å². The molecule has 0 radical (unpaired) electrons. The fourth-order valence-corrected chi connectivity index (χ4v) is 2.31. The number of rotatable bonds is 4. The van der Waals surface area contributed by atoms with Crippen molar-refractivity contribution in [3.05, 3.63) is 12.2 Å². The minimum atomic E-state index is -1.61. The first kappa shape index (κ1) is 13.9. The third-order valence-corrected chi connectivity index (χ3v) is 7.40. The van der Waals surface area contributed by atoms with Crippen LogP contribution in [0.25, 0.3) is 0 Å². The van der Waals surface area contributed by atoms with Gasteiger partial charge in [0, 0.05) is 6.54 Å². The molecule has 0 heterocycles. The van der Waals surface area contributed by atoms with Gasteiger partial charge in [0.2, 0.25) is 0 Å². The van der Waals surface area contributed by atoms with Crippen molar-refractivity contribution in [2.45, 2.75) is 51.9 Å². The summed E-state index contributed by atoms with van der Waals surface area (Å²) in [5.74, 6) is 0. The maximum Gasteiger partial charge on any atom is 0.192 e. The van der Waals surface area contributed by atoms with Gasteiger partial charge in [0.1, 0.15) is 0 Å². The summed E-state index contributed by atoms with van der Waals surface area (Å²) in [7, 11) is -1.61. The zero-order valence-electron chi connectivity index (χ0n) is 10.4. The van der Waals surface area contributed by atoms with Crippen LogP contribution in [-0.2, 0) is 4.43 Å². The Morgan fingerprint density at radius 2 is 1.86 bits per heavy atom. The van der Waals surface area contributed by atoms with E-state index in [-0.39, 0.29) is 11.1 Å². The summed E-state index contributed by atoms with van der Waals surface area (Å²) in [6.45, 7) is 13.9. The SMILES string of the molecule is CC(C=CCN)O[Si](C)(C)C(C)(C)C. The van der Waals surface area contributed by atoms with Crippen molar-refractivity contribution in [1.82, 2.24) is 0 Å². The van der Waals surface area contributed by atoms with Gasteiger partial charge in [-0.3, -0.25) is 0 Å². The van der Waals surface area contributed by atoms with Gasteiger partial charge in [-0.05, 0) is 25.1 Å². The first-order valence-electron chi connectivity index (χ1n) is 5.25. The van der Waals surface area contributed by atoms with E-state index >= 15 is 0 Å². The number of hydrogen-bond acceptors (Lipinski definition) is 2. The monoisotopic (exact) mass is 215 g/mol. The van der Waals surface area contributed by atoms with E-state index in [1.54, 1.807) is 0 Å². The van der Waals surface area contributed by atoms with Crippen LogP contribution in [0.5, 0.6) is 0 Å². The molecular weight excluding hydrogens is 190 g/mol. The van der Waals surface area contributed by atoms with Crippen molar-refractivity contribution < 1.29 is 4.43 Å². The zero-order valence-corrected chi connectivity index (χ0v) is 11.4. The van der Waals surface area contributed by atoms with Crippen LogP contribution in [0.15, 0.2) is 12.2 Å². The average Bonchev–Trinajstić information content (AvgIpc) is 1.97. The minimum absolute atomic E-state index is 0.180. The third-order valence-electron chi connectivity index (χ3n) is 2.83. The highest BCUT2D eigenvalue weighted by atomic mass is 28.4. The first-order valence-corrected chi connectivity index (χ1v) is 8.16. The molecule has 0 aromatic heterocycles. The third kappa shape index (κ3) is 4.40. The molecule has 0 bridgehead atoms. The topological polar surface area (TPSA) is 35.2 Å². The van der Waals surface area contributed by atoms with E-state index in [4.69, 9.17) is 10.2 Å². The maximum absolute atomic E-state index is 6.10. The normalized spacial score (nSPS) is 16.2. The van der Waals surface area contributed by atoms with E-state index in [2.05, 4.69) is 40.8 Å². The lowest BCUT2D eigenvalue weighted by molar-refractivity contribution is 0.243. The minimum Gasteiger partial charge on any atom is -0.411 e. The second-order valence-corrected chi connectivity index (χ2v) is 10.0. The van der Waals surface area contributed by atoms with Gasteiger partial charge in [0.05, 0.1) is 6.10 Å². The largest absolute Gasteiger partial charge is 0.411 e. The molecule has 0 aliphatic carbocycles. The van der Waals surface area contributed by atoms with Crippen LogP contribution >= 0.6 is 0 Å². The molecule has 0 aliphatic rings. The molecule has 84 valence electrons. The Kier molecular flexibility index (Phi) is 5.05. The fraction of sp³-hybridized carbons (Fsp3) is 0.818. The molecule has 3 heteroatoms. The molecule has 0 saturated carbocycles. The molecule has 0 amide bonds. The first-order chi connectivity index (χ1) is 6.20. The quantitative estimate of drug-likeness (QED) is 0.578. The molecule has 14 heavy (non-hydrogen) atoms. The average molecular weight is 215 g/mol. The van der Waals surface area contributed by atoms with Crippen molar-refractivity contribution >= 4 is 8.32 Å². The van der Waals surface area contributed by atoms with Gasteiger partial charge in [-0.25, -0.2) is 0 Å². The Morgan fingerprint density at radius 1 is 1.36 bits per heavy atom. The van der Waals surface area contributed by atoms with E-state index in [0.717, 1.165) is 0 Å². The molecule has 1 unspecified atom stereocenters. The second-order valence-electron chi connectivity index (χ2n) is 5.25. The Hall–Kier alpha value is -0.123. The lowest BCUT2D eigenvalue weighted by atomic mass is 10.2. The second kappa shape index (κ2) is 5.10. The zero-order chi connectivity index (χ0) is 11.4. The lowest BCUT2D eigenvalue weighted by Gasteiger charge is -2.37. The summed E-state index contributed by atoms with van der Waals surface area (Å²) in [6, 6.07) is 0. The van der Waals surface area contributed by atoms with E-state index in [1.807, 2.05) is 12.2 Å². The molecule has 0 aliphatic heterocycles. The molecule has 0 aromatic carbocycles. The van der Waals surface area contributed by atoms with Gasteiger partial charge in [-0.15, -0.1) is 0 Å². The van der Waals surface area contributed by atoms with Crippen LogP contribution in [-0.4, -0.2) is 21.0 Å². The predicted molar refractivity (Wildman–Crippen MR) is 65.9 cm³/mol. The van der Waals surface area contributed by atoms with Gasteiger partial charge >= 0.3 is 0 Å². The Morgan fingerprint density at radius 3 is 2.21 bits per heavy atom. The van der Waals surface area contributed by atoms with Gasteiger partial charge in [0.15, 0.2) is 8.32 Å². The van der Waals surface area contributed by atoms with Crippen LogP contribution in [0.1, 0.15) is 27.7 Å². The highest BCUT2D eigenvalue weighted by molar-refractivity contribution is 6.74. The molecule has 0 fully saturated rings. The smallest absolute Gasteiger partial charge is 0.192 e. The van der Waals surface area contributed by atoms with Crippen LogP contribution in [0.2, 0.25) is 18.1 Å². The Labute approximate surface area is 89.7 Å². The van der Waals surface area contributed by atoms with Crippen molar-refractivity contribution in [3.63, 3.8) is 0 Å². The van der Waals surface area contributed by atoms with E-state index in [0.29, 0.717) is 6.54 Å². The van der Waals surface area contributed by atoms with E-state index in [1.165, 1.54) is 0 Å². The van der Waals surface area contributed by atoms with Gasteiger partial charge in [0.25, 0.3) is 0 Å².